The molecular formula is C11H12F3NO. The van der Waals surface area contributed by atoms with E-state index < -0.39 is 17.5 Å². The van der Waals surface area contributed by atoms with Crippen molar-refractivity contribution in [2.24, 2.45) is 5.73 Å². The number of rotatable bonds is 3. The molecular weight excluding hydrogens is 219 g/mol. The fourth-order valence-electron chi connectivity index (χ4n) is 1.12. The molecule has 0 aliphatic heterocycles. The fourth-order valence-corrected chi connectivity index (χ4v) is 1.12. The summed E-state index contributed by atoms with van der Waals surface area (Å²) in [6.45, 7) is 0.693. The van der Waals surface area contributed by atoms with Crippen LogP contribution in [0.25, 0.3) is 0 Å². The molecule has 0 aromatic heterocycles. The van der Waals surface area contributed by atoms with Crippen molar-refractivity contribution in [1.29, 1.82) is 0 Å². The number of hydrogen-bond donors (Lipinski definition) is 1. The van der Waals surface area contributed by atoms with Gasteiger partial charge in [0.1, 0.15) is 0 Å². The van der Waals surface area contributed by atoms with E-state index in [0.717, 1.165) is 0 Å². The van der Waals surface area contributed by atoms with Gasteiger partial charge in [-0.05, 0) is 12.5 Å². The summed E-state index contributed by atoms with van der Waals surface area (Å²) in [5.74, 6) is -1.04. The van der Waals surface area contributed by atoms with E-state index >= 15 is 0 Å². The Morgan fingerprint density at radius 1 is 1.25 bits per heavy atom. The summed E-state index contributed by atoms with van der Waals surface area (Å²) in [5.41, 5.74) is 2.74. The summed E-state index contributed by atoms with van der Waals surface area (Å²) in [7, 11) is 0. The molecule has 0 spiro atoms. The molecule has 1 aromatic rings. The van der Waals surface area contributed by atoms with Crippen molar-refractivity contribution in [3.8, 4) is 0 Å². The lowest BCUT2D eigenvalue weighted by molar-refractivity contribution is -0.185. The van der Waals surface area contributed by atoms with E-state index in [9.17, 15) is 18.0 Å². The number of benzene rings is 1. The lowest BCUT2D eigenvalue weighted by Crippen LogP contribution is -2.57. The Labute approximate surface area is 91.3 Å². The molecule has 16 heavy (non-hydrogen) atoms. The van der Waals surface area contributed by atoms with Crippen molar-refractivity contribution in [1.82, 2.24) is 0 Å². The van der Waals surface area contributed by atoms with Gasteiger partial charge in [0, 0.05) is 6.42 Å². The zero-order valence-electron chi connectivity index (χ0n) is 8.71. The van der Waals surface area contributed by atoms with Gasteiger partial charge in [-0.1, -0.05) is 30.3 Å². The summed E-state index contributed by atoms with van der Waals surface area (Å²) in [6.07, 6.45) is -5.04. The van der Waals surface area contributed by atoms with Crippen molar-refractivity contribution in [3.63, 3.8) is 0 Å². The van der Waals surface area contributed by atoms with Crippen LogP contribution in [-0.4, -0.2) is 17.5 Å². The van der Waals surface area contributed by atoms with Gasteiger partial charge in [-0.3, -0.25) is 4.79 Å². The lowest BCUT2D eigenvalue weighted by atomic mass is 9.92. The van der Waals surface area contributed by atoms with Crippen LogP contribution in [0.5, 0.6) is 0 Å². The van der Waals surface area contributed by atoms with Crippen molar-refractivity contribution < 1.29 is 18.0 Å². The molecule has 0 saturated carbocycles. The molecule has 2 nitrogen and oxygen atoms in total. The van der Waals surface area contributed by atoms with Crippen molar-refractivity contribution >= 4 is 5.78 Å². The highest BCUT2D eigenvalue weighted by atomic mass is 19.4. The predicted molar refractivity (Wildman–Crippen MR) is 53.8 cm³/mol. The van der Waals surface area contributed by atoms with Gasteiger partial charge in [0.05, 0.1) is 0 Å². The second-order valence-corrected chi connectivity index (χ2v) is 3.79. The van der Waals surface area contributed by atoms with E-state index in [1.165, 1.54) is 0 Å². The van der Waals surface area contributed by atoms with Crippen molar-refractivity contribution in [3.05, 3.63) is 35.9 Å². The van der Waals surface area contributed by atoms with Gasteiger partial charge in [-0.2, -0.15) is 13.2 Å². The number of carbonyl (C=O) groups excluding carboxylic acids is 1. The minimum Gasteiger partial charge on any atom is -0.312 e. The van der Waals surface area contributed by atoms with Gasteiger partial charge in [0.25, 0.3) is 0 Å². The first-order valence-electron chi connectivity index (χ1n) is 4.68. The molecule has 0 fully saturated rings. The topological polar surface area (TPSA) is 43.1 Å². The highest BCUT2D eigenvalue weighted by Gasteiger charge is 2.53. The molecule has 1 unspecified atom stereocenters. The average molecular weight is 231 g/mol. The van der Waals surface area contributed by atoms with E-state index in [1.807, 2.05) is 0 Å². The number of carbonyl (C=O) groups is 1. The van der Waals surface area contributed by atoms with Crippen LogP contribution in [-0.2, 0) is 11.2 Å². The first kappa shape index (κ1) is 12.7. The van der Waals surface area contributed by atoms with Crippen LogP contribution in [0.15, 0.2) is 30.3 Å². The molecule has 0 heterocycles. The quantitative estimate of drug-likeness (QED) is 0.865. The summed E-state index contributed by atoms with van der Waals surface area (Å²) in [5, 5.41) is 0. The highest BCUT2D eigenvalue weighted by molar-refractivity contribution is 5.90. The third-order valence-electron chi connectivity index (χ3n) is 2.38. The van der Waals surface area contributed by atoms with Crippen LogP contribution >= 0.6 is 0 Å². The average Bonchev–Trinajstić information content (AvgIpc) is 2.17. The molecule has 88 valence electrons. The molecule has 0 aliphatic rings. The van der Waals surface area contributed by atoms with Crippen molar-refractivity contribution in [2.75, 3.05) is 0 Å². The van der Waals surface area contributed by atoms with Gasteiger partial charge in [-0.25, -0.2) is 0 Å². The Morgan fingerprint density at radius 2 is 1.75 bits per heavy atom. The van der Waals surface area contributed by atoms with Crippen molar-refractivity contribution in [2.45, 2.75) is 25.1 Å². The third-order valence-corrected chi connectivity index (χ3v) is 2.38. The smallest absolute Gasteiger partial charge is 0.312 e. The maximum absolute atomic E-state index is 12.4. The van der Waals surface area contributed by atoms with Gasteiger partial charge in [-0.15, -0.1) is 0 Å². The number of alkyl halides is 3. The standard InChI is InChI=1S/C11H12F3NO/c1-10(15,11(12,13)14)9(16)7-8-5-3-2-4-6-8/h2-6H,7,15H2,1H3. The number of hydrogen-bond acceptors (Lipinski definition) is 2. The maximum atomic E-state index is 12.4. The predicted octanol–water partition coefficient (Wildman–Crippen LogP) is 2.08. The minimum atomic E-state index is -4.72. The van der Waals surface area contributed by atoms with Gasteiger partial charge in [0.15, 0.2) is 11.3 Å². The first-order chi connectivity index (χ1) is 7.25. The lowest BCUT2D eigenvalue weighted by Gasteiger charge is -2.25. The third kappa shape index (κ3) is 2.61. The molecule has 0 amide bonds. The zero-order chi connectivity index (χ0) is 12.4. The molecule has 0 aliphatic carbocycles. The van der Waals surface area contributed by atoms with Crippen LogP contribution in [0.4, 0.5) is 13.2 Å². The fraction of sp³-hybridized carbons (Fsp3) is 0.364. The molecule has 0 bridgehead atoms. The first-order valence-corrected chi connectivity index (χ1v) is 4.68. The Kier molecular flexibility index (Phi) is 3.38. The molecule has 1 rings (SSSR count). The van der Waals surface area contributed by atoms with Gasteiger partial charge >= 0.3 is 6.18 Å². The number of nitrogens with two attached hydrogens (primary N) is 1. The van der Waals surface area contributed by atoms with Crippen LogP contribution < -0.4 is 5.73 Å². The molecule has 1 aromatic carbocycles. The van der Waals surface area contributed by atoms with E-state index in [2.05, 4.69) is 0 Å². The SMILES string of the molecule is CC(N)(C(=O)Cc1ccccc1)C(F)(F)F. The summed E-state index contributed by atoms with van der Waals surface area (Å²) >= 11 is 0. The monoisotopic (exact) mass is 231 g/mol. The van der Waals surface area contributed by atoms with Gasteiger partial charge < -0.3 is 5.73 Å². The van der Waals surface area contributed by atoms with Crippen LogP contribution in [0.1, 0.15) is 12.5 Å². The van der Waals surface area contributed by atoms with E-state index in [0.29, 0.717) is 12.5 Å². The molecule has 0 saturated heterocycles. The molecule has 0 radical (unpaired) electrons. The Balaban J connectivity index is 2.81. The Bertz CT molecular complexity index is 371. The summed E-state index contributed by atoms with van der Waals surface area (Å²) < 4.78 is 37.3. The van der Waals surface area contributed by atoms with Crippen LogP contribution in [0.3, 0.4) is 0 Å². The Morgan fingerprint density at radius 3 is 2.19 bits per heavy atom. The van der Waals surface area contributed by atoms with E-state index in [4.69, 9.17) is 5.73 Å². The Hall–Kier alpha value is -1.36. The number of Topliss-reactive ketones (excluding diaryl/α,β-unsaturated/α-hetero) is 1. The minimum absolute atomic E-state index is 0.312. The zero-order valence-corrected chi connectivity index (χ0v) is 8.71. The molecule has 2 N–H and O–H groups in total. The van der Waals surface area contributed by atoms with E-state index in [1.54, 1.807) is 30.3 Å². The second-order valence-electron chi connectivity index (χ2n) is 3.79. The number of halogens is 3. The van der Waals surface area contributed by atoms with Crippen LogP contribution in [0, 0.1) is 0 Å². The molecule has 1 atom stereocenters. The molecule has 5 heteroatoms. The van der Waals surface area contributed by atoms with Gasteiger partial charge in [0.2, 0.25) is 0 Å². The normalized spacial score (nSPS) is 15.6. The summed E-state index contributed by atoms with van der Waals surface area (Å²) in [6, 6.07) is 8.21. The second kappa shape index (κ2) is 4.25. The maximum Gasteiger partial charge on any atom is 0.413 e. The summed E-state index contributed by atoms with van der Waals surface area (Å²) in [4.78, 5) is 11.4. The van der Waals surface area contributed by atoms with Crippen LogP contribution in [0.2, 0.25) is 0 Å². The number of ketones is 1. The van der Waals surface area contributed by atoms with E-state index in [-0.39, 0.29) is 6.42 Å². The highest BCUT2D eigenvalue weighted by Crippen LogP contribution is 2.29. The largest absolute Gasteiger partial charge is 0.413 e.